The van der Waals surface area contributed by atoms with Gasteiger partial charge in [0.25, 0.3) is 5.91 Å². The van der Waals surface area contributed by atoms with E-state index in [4.69, 9.17) is 0 Å². The van der Waals surface area contributed by atoms with Gasteiger partial charge in [-0.05, 0) is 50.6 Å². The summed E-state index contributed by atoms with van der Waals surface area (Å²) in [6.07, 6.45) is 0.218. The van der Waals surface area contributed by atoms with Crippen LogP contribution >= 0.6 is 0 Å². The summed E-state index contributed by atoms with van der Waals surface area (Å²) < 4.78 is 0. The van der Waals surface area contributed by atoms with Crippen LogP contribution in [0.1, 0.15) is 35.3 Å². The first-order valence-corrected chi connectivity index (χ1v) is 8.18. The molecular weight excluding hydrogens is 316 g/mol. The molecule has 25 heavy (non-hydrogen) atoms. The third-order valence-corrected chi connectivity index (χ3v) is 3.73. The minimum Gasteiger partial charge on any atom is -0.394 e. The molecular formula is C20H24N2O3. The molecule has 2 amide bonds. The molecule has 0 aliphatic carbocycles. The van der Waals surface area contributed by atoms with Crippen molar-refractivity contribution >= 4 is 17.5 Å². The zero-order valence-corrected chi connectivity index (χ0v) is 14.8. The number of carbonyl (C=O) groups is 2. The van der Waals surface area contributed by atoms with Crippen LogP contribution in [0.3, 0.4) is 0 Å². The van der Waals surface area contributed by atoms with Crippen molar-refractivity contribution in [1.82, 2.24) is 5.32 Å². The van der Waals surface area contributed by atoms with Gasteiger partial charge in [0, 0.05) is 11.3 Å². The van der Waals surface area contributed by atoms with Gasteiger partial charge in [-0.1, -0.05) is 29.8 Å². The van der Waals surface area contributed by atoms with E-state index in [0.717, 1.165) is 11.1 Å². The third-order valence-electron chi connectivity index (χ3n) is 3.73. The lowest BCUT2D eigenvalue weighted by molar-refractivity contribution is -0.122. The smallest absolute Gasteiger partial charge is 0.255 e. The van der Waals surface area contributed by atoms with Crippen molar-refractivity contribution in [2.24, 2.45) is 0 Å². The predicted molar refractivity (Wildman–Crippen MR) is 98.6 cm³/mol. The number of hydrogen-bond acceptors (Lipinski definition) is 3. The van der Waals surface area contributed by atoms with E-state index in [-0.39, 0.29) is 24.8 Å². The van der Waals surface area contributed by atoms with Crippen LogP contribution in [0, 0.1) is 6.92 Å². The fraction of sp³-hybridized carbons (Fsp3) is 0.300. The number of aliphatic hydroxyl groups is 1. The summed E-state index contributed by atoms with van der Waals surface area (Å²) in [5, 5.41) is 14.8. The van der Waals surface area contributed by atoms with E-state index in [1.807, 2.05) is 25.1 Å². The highest BCUT2D eigenvalue weighted by atomic mass is 16.3. The Morgan fingerprint density at radius 2 is 1.76 bits per heavy atom. The van der Waals surface area contributed by atoms with Crippen LogP contribution in [0.25, 0.3) is 0 Å². The summed E-state index contributed by atoms with van der Waals surface area (Å²) in [6, 6.07) is 14.5. The normalized spacial score (nSPS) is 11.0. The maximum Gasteiger partial charge on any atom is 0.255 e. The van der Waals surface area contributed by atoms with Crippen LogP contribution in [0.2, 0.25) is 0 Å². The van der Waals surface area contributed by atoms with Crippen LogP contribution in [-0.4, -0.2) is 29.1 Å². The van der Waals surface area contributed by atoms with Crippen LogP contribution in [0.4, 0.5) is 5.69 Å². The quantitative estimate of drug-likeness (QED) is 0.756. The van der Waals surface area contributed by atoms with E-state index in [0.29, 0.717) is 11.3 Å². The summed E-state index contributed by atoms with van der Waals surface area (Å²) in [4.78, 5) is 24.2. The van der Waals surface area contributed by atoms with Crippen LogP contribution in [0.15, 0.2) is 48.5 Å². The van der Waals surface area contributed by atoms with Crippen molar-refractivity contribution in [2.75, 3.05) is 11.9 Å². The summed E-state index contributed by atoms with van der Waals surface area (Å²) in [5.74, 6) is -0.325. The topological polar surface area (TPSA) is 78.4 Å². The Kier molecular flexibility index (Phi) is 5.93. The second-order valence-corrected chi connectivity index (χ2v) is 6.79. The van der Waals surface area contributed by atoms with Crippen molar-refractivity contribution in [2.45, 2.75) is 32.7 Å². The van der Waals surface area contributed by atoms with Gasteiger partial charge in [0.2, 0.25) is 5.91 Å². The molecule has 2 aromatic carbocycles. The largest absolute Gasteiger partial charge is 0.394 e. The van der Waals surface area contributed by atoms with Crippen molar-refractivity contribution in [3.63, 3.8) is 0 Å². The summed E-state index contributed by atoms with van der Waals surface area (Å²) in [6.45, 7) is 5.33. The number of carbonyl (C=O) groups excluding carboxylic acids is 2. The maximum absolute atomic E-state index is 12.2. The maximum atomic E-state index is 12.2. The minimum absolute atomic E-state index is 0.122. The lowest BCUT2D eigenvalue weighted by Gasteiger charge is -2.23. The molecule has 0 atom stereocenters. The molecule has 5 nitrogen and oxygen atoms in total. The van der Waals surface area contributed by atoms with Gasteiger partial charge in [-0.3, -0.25) is 9.59 Å². The third kappa shape index (κ3) is 5.72. The van der Waals surface area contributed by atoms with Gasteiger partial charge in [-0.2, -0.15) is 0 Å². The Labute approximate surface area is 148 Å². The number of benzene rings is 2. The Morgan fingerprint density at radius 1 is 1.08 bits per heavy atom. The van der Waals surface area contributed by atoms with Crippen molar-refractivity contribution in [3.8, 4) is 0 Å². The molecule has 2 aromatic rings. The van der Waals surface area contributed by atoms with Gasteiger partial charge in [0.1, 0.15) is 0 Å². The lowest BCUT2D eigenvalue weighted by atomic mass is 10.1. The monoisotopic (exact) mass is 340 g/mol. The van der Waals surface area contributed by atoms with E-state index in [2.05, 4.69) is 10.6 Å². The molecule has 0 aromatic heterocycles. The second kappa shape index (κ2) is 7.94. The number of aryl methyl sites for hydroxylation is 1. The Morgan fingerprint density at radius 3 is 2.36 bits per heavy atom. The molecule has 0 unspecified atom stereocenters. The highest BCUT2D eigenvalue weighted by Gasteiger charge is 2.19. The fourth-order valence-electron chi connectivity index (χ4n) is 2.34. The van der Waals surface area contributed by atoms with E-state index in [1.165, 1.54) is 0 Å². The van der Waals surface area contributed by atoms with Gasteiger partial charge in [-0.25, -0.2) is 0 Å². The molecule has 2 rings (SSSR count). The lowest BCUT2D eigenvalue weighted by Crippen LogP contribution is -2.46. The van der Waals surface area contributed by atoms with Crippen molar-refractivity contribution < 1.29 is 14.7 Å². The van der Waals surface area contributed by atoms with Crippen LogP contribution in [0.5, 0.6) is 0 Å². The fourth-order valence-corrected chi connectivity index (χ4v) is 2.34. The van der Waals surface area contributed by atoms with Gasteiger partial charge in [0.05, 0.1) is 18.6 Å². The second-order valence-electron chi connectivity index (χ2n) is 6.79. The number of hydrogen-bond donors (Lipinski definition) is 3. The molecule has 0 aliphatic heterocycles. The molecule has 0 heterocycles. The van der Waals surface area contributed by atoms with Crippen LogP contribution in [-0.2, 0) is 11.2 Å². The van der Waals surface area contributed by atoms with Gasteiger partial charge in [0.15, 0.2) is 0 Å². The number of amides is 2. The van der Waals surface area contributed by atoms with Crippen LogP contribution < -0.4 is 10.6 Å². The Hall–Kier alpha value is -2.66. The average molecular weight is 340 g/mol. The molecule has 0 radical (unpaired) electrons. The van der Waals surface area contributed by atoms with Gasteiger partial charge >= 0.3 is 0 Å². The number of nitrogens with one attached hydrogen (secondary N) is 2. The molecule has 132 valence electrons. The first-order chi connectivity index (χ1) is 11.8. The van der Waals surface area contributed by atoms with E-state index >= 15 is 0 Å². The molecule has 0 spiro atoms. The highest BCUT2D eigenvalue weighted by Crippen LogP contribution is 2.13. The molecule has 0 saturated carbocycles. The number of rotatable bonds is 6. The molecule has 3 N–H and O–H groups in total. The molecule has 0 aliphatic rings. The van der Waals surface area contributed by atoms with E-state index in [1.54, 1.807) is 44.2 Å². The molecule has 0 bridgehead atoms. The average Bonchev–Trinajstić information content (AvgIpc) is 2.56. The highest BCUT2D eigenvalue weighted by molar-refractivity contribution is 6.04. The Bertz CT molecular complexity index is 752. The first-order valence-electron chi connectivity index (χ1n) is 8.18. The predicted octanol–water partition coefficient (Wildman–Crippen LogP) is 2.68. The van der Waals surface area contributed by atoms with Crippen molar-refractivity contribution in [3.05, 3.63) is 65.2 Å². The van der Waals surface area contributed by atoms with E-state index in [9.17, 15) is 14.7 Å². The standard InChI is InChI=1S/C20H24N2O3/c1-14-5-4-6-16(11-14)19(25)21-17-9-7-15(8-10-17)12-18(24)22-20(2,3)13-23/h4-11,23H,12-13H2,1-3H3,(H,21,25)(H,22,24). The number of aliphatic hydroxyl groups excluding tert-OH is 1. The number of anilines is 1. The van der Waals surface area contributed by atoms with Crippen molar-refractivity contribution in [1.29, 1.82) is 0 Å². The SMILES string of the molecule is Cc1cccc(C(=O)Nc2ccc(CC(=O)NC(C)(C)CO)cc2)c1. The minimum atomic E-state index is -0.640. The summed E-state index contributed by atoms with van der Waals surface area (Å²) >= 11 is 0. The first kappa shape index (κ1) is 18.7. The summed E-state index contributed by atoms with van der Waals surface area (Å²) in [5.41, 5.74) is 2.50. The van der Waals surface area contributed by atoms with E-state index < -0.39 is 5.54 Å². The van der Waals surface area contributed by atoms with Gasteiger partial charge in [-0.15, -0.1) is 0 Å². The molecule has 0 fully saturated rings. The zero-order chi connectivity index (χ0) is 18.4. The molecule has 0 saturated heterocycles. The zero-order valence-electron chi connectivity index (χ0n) is 14.8. The molecule has 5 heteroatoms. The Balaban J connectivity index is 1.96. The van der Waals surface area contributed by atoms with Gasteiger partial charge < -0.3 is 15.7 Å². The summed E-state index contributed by atoms with van der Waals surface area (Å²) in [7, 11) is 0.